The lowest BCUT2D eigenvalue weighted by atomic mass is 10.1. The highest BCUT2D eigenvalue weighted by Crippen LogP contribution is 2.08. The van der Waals surface area contributed by atoms with E-state index in [1.54, 1.807) is 30.3 Å². The molecule has 0 atom stereocenters. The molecule has 1 aromatic rings. The Morgan fingerprint density at radius 1 is 1.21 bits per heavy atom. The molecular weight excluding hydrogens is 248 g/mol. The molecule has 0 fully saturated rings. The third-order valence-corrected chi connectivity index (χ3v) is 2.09. The van der Waals surface area contributed by atoms with Crippen LogP contribution in [0.4, 0.5) is 0 Å². The predicted molar refractivity (Wildman–Crippen MR) is 55.4 cm³/mol. The van der Waals surface area contributed by atoms with Crippen LogP contribution in [0.5, 0.6) is 0 Å². The molecule has 0 aliphatic carbocycles. The fourth-order valence-corrected chi connectivity index (χ4v) is 1.07. The standard InChI is InChI=1S/C10H7BrO3/c11-8(10(13)14)6-9(12)7-4-2-1-3-5-7/h1-6H,(H,13,14)/b8-6-. The molecule has 3 nitrogen and oxygen atoms in total. The maximum absolute atomic E-state index is 11.4. The summed E-state index contributed by atoms with van der Waals surface area (Å²) in [5.74, 6) is -1.49. The second kappa shape index (κ2) is 4.72. The molecule has 4 heteroatoms. The molecule has 14 heavy (non-hydrogen) atoms. The van der Waals surface area contributed by atoms with Crippen LogP contribution in [0.25, 0.3) is 0 Å². The Morgan fingerprint density at radius 2 is 1.79 bits per heavy atom. The molecule has 1 N–H and O–H groups in total. The van der Waals surface area contributed by atoms with Gasteiger partial charge in [-0.1, -0.05) is 30.3 Å². The molecule has 0 radical (unpaired) electrons. The summed E-state index contributed by atoms with van der Waals surface area (Å²) in [6.45, 7) is 0. The van der Waals surface area contributed by atoms with E-state index in [9.17, 15) is 9.59 Å². The number of hydrogen-bond donors (Lipinski definition) is 1. The fraction of sp³-hybridized carbons (Fsp3) is 0. The van der Waals surface area contributed by atoms with Crippen LogP contribution >= 0.6 is 15.9 Å². The van der Waals surface area contributed by atoms with Gasteiger partial charge in [0.25, 0.3) is 0 Å². The molecule has 0 amide bonds. The van der Waals surface area contributed by atoms with Crippen molar-refractivity contribution in [2.45, 2.75) is 0 Å². The molecular formula is C10H7BrO3. The van der Waals surface area contributed by atoms with Crippen molar-refractivity contribution in [3.05, 3.63) is 46.5 Å². The van der Waals surface area contributed by atoms with Crippen LogP contribution in [-0.4, -0.2) is 16.9 Å². The lowest BCUT2D eigenvalue weighted by Gasteiger charge is -1.94. The smallest absolute Gasteiger partial charge is 0.342 e. The van der Waals surface area contributed by atoms with Gasteiger partial charge in [-0.15, -0.1) is 0 Å². The van der Waals surface area contributed by atoms with Crippen molar-refractivity contribution in [1.82, 2.24) is 0 Å². The molecule has 0 unspecified atom stereocenters. The van der Waals surface area contributed by atoms with Crippen LogP contribution < -0.4 is 0 Å². The SMILES string of the molecule is O=C(O)/C(Br)=C/C(=O)c1ccccc1. The van der Waals surface area contributed by atoms with Crippen molar-refractivity contribution < 1.29 is 14.7 Å². The van der Waals surface area contributed by atoms with Crippen molar-refractivity contribution in [3.8, 4) is 0 Å². The number of allylic oxidation sites excluding steroid dienone is 1. The normalized spacial score (nSPS) is 11.1. The largest absolute Gasteiger partial charge is 0.477 e. The van der Waals surface area contributed by atoms with Gasteiger partial charge in [0.05, 0.1) is 0 Å². The minimum atomic E-state index is -1.16. The molecule has 1 rings (SSSR count). The molecule has 72 valence electrons. The highest BCUT2D eigenvalue weighted by atomic mass is 79.9. The maximum Gasteiger partial charge on any atom is 0.342 e. The molecule has 1 aromatic carbocycles. The third-order valence-electron chi connectivity index (χ3n) is 1.52. The van der Waals surface area contributed by atoms with Gasteiger partial charge in [0, 0.05) is 11.6 Å². The molecule has 0 saturated carbocycles. The zero-order valence-corrected chi connectivity index (χ0v) is 8.69. The summed E-state index contributed by atoms with van der Waals surface area (Å²) in [5.41, 5.74) is 0.464. The van der Waals surface area contributed by atoms with E-state index < -0.39 is 5.97 Å². The Kier molecular flexibility index (Phi) is 3.59. The summed E-state index contributed by atoms with van der Waals surface area (Å²) >= 11 is 2.78. The summed E-state index contributed by atoms with van der Waals surface area (Å²) in [4.78, 5) is 21.8. The predicted octanol–water partition coefficient (Wildman–Crippen LogP) is 2.23. The number of aliphatic carboxylic acids is 1. The molecule has 0 heterocycles. The molecule has 0 saturated heterocycles. The van der Waals surface area contributed by atoms with Gasteiger partial charge in [0.1, 0.15) is 4.48 Å². The first kappa shape index (κ1) is 10.7. The fourth-order valence-electron chi connectivity index (χ4n) is 0.863. The average Bonchev–Trinajstić information content (AvgIpc) is 2.19. The van der Waals surface area contributed by atoms with E-state index in [2.05, 4.69) is 15.9 Å². The Balaban J connectivity index is 2.88. The number of hydrogen-bond acceptors (Lipinski definition) is 2. The summed E-state index contributed by atoms with van der Waals surface area (Å²) < 4.78 is -0.147. The van der Waals surface area contributed by atoms with Crippen molar-refractivity contribution in [1.29, 1.82) is 0 Å². The van der Waals surface area contributed by atoms with Crippen LogP contribution in [-0.2, 0) is 4.79 Å². The van der Waals surface area contributed by atoms with E-state index in [1.165, 1.54) is 0 Å². The average molecular weight is 255 g/mol. The van der Waals surface area contributed by atoms with E-state index in [1.807, 2.05) is 0 Å². The molecule has 0 bridgehead atoms. The first-order chi connectivity index (χ1) is 6.61. The number of carbonyl (C=O) groups is 2. The molecule has 0 spiro atoms. The van der Waals surface area contributed by atoms with E-state index in [0.717, 1.165) is 6.08 Å². The Bertz CT molecular complexity index is 382. The van der Waals surface area contributed by atoms with Crippen LogP contribution in [0.3, 0.4) is 0 Å². The van der Waals surface area contributed by atoms with Gasteiger partial charge < -0.3 is 5.11 Å². The van der Waals surface area contributed by atoms with Gasteiger partial charge in [-0.3, -0.25) is 4.79 Å². The molecule has 0 aliphatic rings. The van der Waals surface area contributed by atoms with Crippen molar-refractivity contribution in [2.75, 3.05) is 0 Å². The van der Waals surface area contributed by atoms with Crippen molar-refractivity contribution >= 4 is 27.7 Å². The lowest BCUT2D eigenvalue weighted by molar-refractivity contribution is -0.131. The number of rotatable bonds is 3. The van der Waals surface area contributed by atoms with Crippen LogP contribution in [0.2, 0.25) is 0 Å². The Morgan fingerprint density at radius 3 is 2.29 bits per heavy atom. The van der Waals surface area contributed by atoms with Gasteiger partial charge in [0.15, 0.2) is 5.78 Å². The van der Waals surface area contributed by atoms with Gasteiger partial charge >= 0.3 is 5.97 Å². The number of carboxylic acid groups (broad SMARTS) is 1. The van der Waals surface area contributed by atoms with Gasteiger partial charge in [-0.05, 0) is 15.9 Å². The topological polar surface area (TPSA) is 54.4 Å². The number of benzene rings is 1. The monoisotopic (exact) mass is 254 g/mol. The van der Waals surface area contributed by atoms with Gasteiger partial charge in [-0.2, -0.15) is 0 Å². The first-order valence-corrected chi connectivity index (χ1v) is 4.60. The zero-order chi connectivity index (χ0) is 10.6. The molecule has 0 aliphatic heterocycles. The Hall–Kier alpha value is -1.42. The first-order valence-electron chi connectivity index (χ1n) is 3.81. The van der Waals surface area contributed by atoms with Gasteiger partial charge in [-0.25, -0.2) is 4.79 Å². The van der Waals surface area contributed by atoms with E-state index in [0.29, 0.717) is 5.56 Å². The highest BCUT2D eigenvalue weighted by molar-refractivity contribution is 9.12. The van der Waals surface area contributed by atoms with E-state index >= 15 is 0 Å². The van der Waals surface area contributed by atoms with Crippen molar-refractivity contribution in [3.63, 3.8) is 0 Å². The minimum absolute atomic E-state index is 0.147. The van der Waals surface area contributed by atoms with E-state index in [-0.39, 0.29) is 10.3 Å². The van der Waals surface area contributed by atoms with Gasteiger partial charge in [0.2, 0.25) is 0 Å². The van der Waals surface area contributed by atoms with E-state index in [4.69, 9.17) is 5.11 Å². The summed E-state index contributed by atoms with van der Waals surface area (Å²) in [6.07, 6.45) is 1.04. The summed E-state index contributed by atoms with van der Waals surface area (Å²) in [6, 6.07) is 8.47. The Labute approximate surface area is 89.2 Å². The highest BCUT2D eigenvalue weighted by Gasteiger charge is 2.07. The number of ketones is 1. The second-order valence-corrected chi connectivity index (χ2v) is 3.38. The summed E-state index contributed by atoms with van der Waals surface area (Å²) in [5, 5.41) is 8.51. The second-order valence-electron chi connectivity index (χ2n) is 2.53. The third kappa shape index (κ3) is 2.81. The van der Waals surface area contributed by atoms with Crippen molar-refractivity contribution in [2.24, 2.45) is 0 Å². The number of carboxylic acids is 1. The molecule has 0 aromatic heterocycles. The lowest BCUT2D eigenvalue weighted by Crippen LogP contribution is -1.99. The zero-order valence-electron chi connectivity index (χ0n) is 7.11. The quantitative estimate of drug-likeness (QED) is 0.665. The van der Waals surface area contributed by atoms with Crippen LogP contribution in [0, 0.1) is 0 Å². The number of halogens is 1. The minimum Gasteiger partial charge on any atom is -0.477 e. The summed E-state index contributed by atoms with van der Waals surface area (Å²) in [7, 11) is 0. The number of carbonyl (C=O) groups excluding carboxylic acids is 1. The van der Waals surface area contributed by atoms with Crippen LogP contribution in [0.15, 0.2) is 40.9 Å². The maximum atomic E-state index is 11.4. The van der Waals surface area contributed by atoms with Crippen LogP contribution in [0.1, 0.15) is 10.4 Å².